The van der Waals surface area contributed by atoms with E-state index in [-0.39, 0.29) is 5.41 Å². The molecule has 1 spiro atoms. The quantitative estimate of drug-likeness (QED) is 0.769. The first kappa shape index (κ1) is 20.5. The molecule has 0 radical (unpaired) electrons. The highest BCUT2D eigenvalue weighted by Crippen LogP contribution is 2.44. The summed E-state index contributed by atoms with van der Waals surface area (Å²) in [6, 6.07) is 8.36. The number of piperidine rings is 1. The monoisotopic (exact) mass is 412 g/mol. The molecule has 30 heavy (non-hydrogen) atoms. The van der Waals surface area contributed by atoms with Crippen LogP contribution in [0.25, 0.3) is 0 Å². The van der Waals surface area contributed by atoms with E-state index >= 15 is 0 Å². The Morgan fingerprint density at radius 1 is 1.17 bits per heavy atom. The van der Waals surface area contributed by atoms with Gasteiger partial charge in [0.1, 0.15) is 11.7 Å². The third kappa shape index (κ3) is 3.12. The van der Waals surface area contributed by atoms with Crippen LogP contribution in [0.2, 0.25) is 0 Å². The summed E-state index contributed by atoms with van der Waals surface area (Å²) in [5, 5.41) is 3.60. The first-order chi connectivity index (χ1) is 14.6. The predicted octanol–water partition coefficient (Wildman–Crippen LogP) is 3.77. The number of ether oxygens (including phenoxy) is 1. The number of amides is 1. The zero-order valence-electron chi connectivity index (χ0n) is 18.8. The van der Waals surface area contributed by atoms with Crippen LogP contribution in [0, 0.1) is 12.3 Å². The third-order valence-corrected chi connectivity index (χ3v) is 8.76. The van der Waals surface area contributed by atoms with Gasteiger partial charge in [0.05, 0.1) is 18.0 Å². The molecule has 0 aromatic heterocycles. The molecule has 4 aliphatic heterocycles. The summed E-state index contributed by atoms with van der Waals surface area (Å²) in [7, 11) is 0. The Balaban J connectivity index is 1.46. The van der Waals surface area contributed by atoms with Gasteiger partial charge in [0.2, 0.25) is 5.91 Å². The Hall–Kier alpha value is -1.43. The highest BCUT2D eigenvalue weighted by atomic mass is 16.5. The van der Waals surface area contributed by atoms with Gasteiger partial charge in [0.15, 0.2) is 0 Å². The van der Waals surface area contributed by atoms with E-state index < -0.39 is 0 Å². The van der Waals surface area contributed by atoms with E-state index in [9.17, 15) is 4.79 Å². The minimum Gasteiger partial charge on any atom is -0.381 e. The number of nitrogens with one attached hydrogen (secondary N) is 1. The summed E-state index contributed by atoms with van der Waals surface area (Å²) in [5.41, 5.74) is 3.66. The van der Waals surface area contributed by atoms with Crippen LogP contribution in [0.3, 0.4) is 0 Å². The number of anilines is 1. The van der Waals surface area contributed by atoms with Crippen LogP contribution in [0.1, 0.15) is 57.4 Å². The van der Waals surface area contributed by atoms with Crippen molar-refractivity contribution in [2.45, 2.75) is 70.9 Å². The summed E-state index contributed by atoms with van der Waals surface area (Å²) in [5.74, 6) is 0.339. The van der Waals surface area contributed by atoms with Crippen molar-refractivity contribution in [1.82, 2.24) is 9.80 Å². The molecule has 1 aromatic carbocycles. The van der Waals surface area contributed by atoms with Gasteiger partial charge in [-0.1, -0.05) is 0 Å². The van der Waals surface area contributed by atoms with Crippen molar-refractivity contribution in [3.63, 3.8) is 0 Å². The lowest BCUT2D eigenvalue weighted by Gasteiger charge is -2.45. The zero-order chi connectivity index (χ0) is 20.8. The maximum Gasteiger partial charge on any atom is 0.233 e. The van der Waals surface area contributed by atoms with Crippen LogP contribution in [0.15, 0.2) is 18.2 Å². The molecule has 0 saturated carbocycles. The summed E-state index contributed by atoms with van der Waals surface area (Å²) in [6.07, 6.45) is 7.77. The molecule has 164 valence electrons. The Kier molecular flexibility index (Phi) is 5.41. The maximum absolute atomic E-state index is 13.6. The Morgan fingerprint density at radius 3 is 2.67 bits per heavy atom. The topological polar surface area (TPSA) is 41.6 Å². The molecule has 4 heterocycles. The number of hydrogen-bond acceptors (Lipinski definition) is 3. The molecule has 0 aliphatic carbocycles. The SMILES string of the molecule is Cc1cc([N+]2([C@H]3CCNC3)CCC[C@H]2C)ccc1N1CCCC2(CCOCC2)C1=O. The average molecular weight is 413 g/mol. The van der Waals surface area contributed by atoms with E-state index in [0.29, 0.717) is 18.0 Å². The van der Waals surface area contributed by atoms with Crippen molar-refractivity contribution >= 4 is 17.3 Å². The molecular formula is C25H38N3O2+. The molecule has 1 N–H and O–H groups in total. The molecule has 5 rings (SSSR count). The molecule has 3 atom stereocenters. The van der Waals surface area contributed by atoms with Crippen molar-refractivity contribution in [2.75, 3.05) is 44.3 Å². The van der Waals surface area contributed by atoms with Gasteiger partial charge in [-0.15, -0.1) is 0 Å². The van der Waals surface area contributed by atoms with Gasteiger partial charge in [0, 0.05) is 69.9 Å². The van der Waals surface area contributed by atoms with Crippen LogP contribution in [0.5, 0.6) is 0 Å². The Labute approximate surface area is 181 Å². The van der Waals surface area contributed by atoms with Crippen LogP contribution in [0.4, 0.5) is 11.4 Å². The number of rotatable bonds is 3. The number of nitrogens with zero attached hydrogens (tertiary/aromatic N) is 2. The molecule has 1 unspecified atom stereocenters. The number of aryl methyl sites for hydroxylation is 1. The van der Waals surface area contributed by atoms with Crippen LogP contribution in [-0.4, -0.2) is 57.4 Å². The van der Waals surface area contributed by atoms with Crippen LogP contribution >= 0.6 is 0 Å². The van der Waals surface area contributed by atoms with Gasteiger partial charge in [-0.05, 0) is 51.2 Å². The van der Waals surface area contributed by atoms with Gasteiger partial charge in [0.25, 0.3) is 0 Å². The lowest BCUT2D eigenvalue weighted by atomic mass is 9.73. The van der Waals surface area contributed by atoms with Gasteiger partial charge >= 0.3 is 0 Å². The summed E-state index contributed by atoms with van der Waals surface area (Å²) in [4.78, 5) is 15.7. The third-order valence-electron chi connectivity index (χ3n) is 8.76. The van der Waals surface area contributed by atoms with E-state index in [1.54, 1.807) is 0 Å². The molecule has 5 heteroatoms. The minimum atomic E-state index is -0.186. The smallest absolute Gasteiger partial charge is 0.233 e. The van der Waals surface area contributed by atoms with Crippen molar-refractivity contribution < 1.29 is 9.53 Å². The lowest BCUT2D eigenvalue weighted by Crippen LogP contribution is -2.59. The molecule has 4 saturated heterocycles. The largest absolute Gasteiger partial charge is 0.381 e. The van der Waals surface area contributed by atoms with Crippen LogP contribution < -0.4 is 14.7 Å². The summed E-state index contributed by atoms with van der Waals surface area (Å²) in [6.45, 7) is 10.5. The van der Waals surface area contributed by atoms with Crippen LogP contribution in [-0.2, 0) is 9.53 Å². The lowest BCUT2D eigenvalue weighted by molar-refractivity contribution is -0.136. The van der Waals surface area contributed by atoms with E-state index in [1.807, 2.05) is 0 Å². The van der Waals surface area contributed by atoms with E-state index in [0.717, 1.165) is 68.7 Å². The second-order valence-electron chi connectivity index (χ2n) is 10.2. The van der Waals surface area contributed by atoms with Gasteiger partial charge < -0.3 is 15.0 Å². The number of benzene rings is 1. The first-order valence-electron chi connectivity index (χ1n) is 12.2. The average Bonchev–Trinajstić information content (AvgIpc) is 3.42. The summed E-state index contributed by atoms with van der Waals surface area (Å²) < 4.78 is 6.70. The van der Waals surface area contributed by atoms with Gasteiger partial charge in [-0.25, -0.2) is 0 Å². The van der Waals surface area contributed by atoms with E-state index in [1.165, 1.54) is 37.1 Å². The highest BCUT2D eigenvalue weighted by Gasteiger charge is 2.49. The minimum absolute atomic E-state index is 0.186. The fraction of sp³-hybridized carbons (Fsp3) is 0.720. The second-order valence-corrected chi connectivity index (χ2v) is 10.2. The highest BCUT2D eigenvalue weighted by molar-refractivity contribution is 5.99. The molecule has 5 nitrogen and oxygen atoms in total. The van der Waals surface area contributed by atoms with Crippen molar-refractivity contribution in [2.24, 2.45) is 5.41 Å². The number of likely N-dealkylation sites (tertiary alicyclic amines) is 1. The number of carbonyl (C=O) groups is 1. The molecule has 4 fully saturated rings. The van der Waals surface area contributed by atoms with Crippen molar-refractivity contribution in [1.29, 1.82) is 0 Å². The number of quaternary nitrogens is 1. The Bertz CT molecular complexity index is 792. The maximum atomic E-state index is 13.6. The van der Waals surface area contributed by atoms with Gasteiger partial charge in [-0.2, -0.15) is 0 Å². The van der Waals surface area contributed by atoms with E-state index in [2.05, 4.69) is 42.3 Å². The van der Waals surface area contributed by atoms with Crippen molar-refractivity contribution in [3.8, 4) is 0 Å². The second kappa shape index (κ2) is 7.92. The standard InChI is InChI=1S/C25H38N3O2/c1-19-17-21(28(14-3-5-20(28)2)22-8-12-26-18-22)6-7-23(19)27-13-4-9-25(24(27)29)10-15-30-16-11-25/h6-7,17,20,22,26H,3-5,8-16,18H2,1-2H3/q+1/t20-,22+,28?/m1/s1. The normalized spacial score (nSPS) is 34.1. The number of carbonyl (C=O) groups excluding carboxylic acids is 1. The fourth-order valence-corrected chi connectivity index (χ4v) is 7.00. The molecule has 4 aliphatic rings. The molecular weight excluding hydrogens is 374 g/mol. The molecule has 0 bridgehead atoms. The molecule has 1 aromatic rings. The predicted molar refractivity (Wildman–Crippen MR) is 122 cm³/mol. The number of hydrogen-bond donors (Lipinski definition) is 1. The summed E-state index contributed by atoms with van der Waals surface area (Å²) >= 11 is 0. The van der Waals surface area contributed by atoms with Gasteiger partial charge in [-0.3, -0.25) is 9.28 Å². The van der Waals surface area contributed by atoms with Crippen molar-refractivity contribution in [3.05, 3.63) is 23.8 Å². The fourth-order valence-electron chi connectivity index (χ4n) is 7.00. The van der Waals surface area contributed by atoms with E-state index in [4.69, 9.17) is 4.74 Å². The zero-order valence-corrected chi connectivity index (χ0v) is 18.8. The Morgan fingerprint density at radius 2 is 2.00 bits per heavy atom. The first-order valence-corrected chi connectivity index (χ1v) is 12.2. The molecule has 1 amide bonds.